The summed E-state index contributed by atoms with van der Waals surface area (Å²) in [5.74, 6) is -0.994. The minimum absolute atomic E-state index is 0.0972. The molecule has 7 heteroatoms. The molecule has 0 spiro atoms. The first kappa shape index (κ1) is 12.3. The van der Waals surface area contributed by atoms with Crippen LogP contribution < -0.4 is 11.5 Å². The Hall–Kier alpha value is -2.15. The summed E-state index contributed by atoms with van der Waals surface area (Å²) in [6, 6.07) is 7.56. The number of rotatable bonds is 2. The molecule has 94 valence electrons. The largest absolute Gasteiger partial charge is 0.384 e. The van der Waals surface area contributed by atoms with E-state index in [2.05, 4.69) is 4.98 Å². The lowest BCUT2D eigenvalue weighted by Gasteiger charge is -2.08. The van der Waals surface area contributed by atoms with E-state index in [-0.39, 0.29) is 16.5 Å². The van der Waals surface area contributed by atoms with Crippen LogP contribution in [0.15, 0.2) is 46.2 Å². The first-order valence-corrected chi connectivity index (χ1v) is 6.43. The fraction of sp³-hybridized carbons (Fsp3) is 0. The Balaban J connectivity index is 2.66. The van der Waals surface area contributed by atoms with Crippen molar-refractivity contribution < 1.29 is 12.8 Å². The van der Waals surface area contributed by atoms with E-state index >= 15 is 0 Å². The van der Waals surface area contributed by atoms with Gasteiger partial charge in [-0.1, -0.05) is 12.1 Å². The summed E-state index contributed by atoms with van der Waals surface area (Å²) < 4.78 is 37.9. The Morgan fingerprint density at radius 3 is 2.28 bits per heavy atom. The highest BCUT2D eigenvalue weighted by Crippen LogP contribution is 2.26. The molecule has 2 rings (SSSR count). The van der Waals surface area contributed by atoms with Gasteiger partial charge in [0.15, 0.2) is 0 Å². The predicted molar refractivity (Wildman–Crippen MR) is 64.9 cm³/mol. The van der Waals surface area contributed by atoms with Crippen molar-refractivity contribution in [3.8, 4) is 0 Å². The number of benzene rings is 1. The smallest absolute Gasteiger partial charge is 0.213 e. The SMILES string of the molecule is Nc1ccc(S(=O)(=O)c2ccccc2F)c(N)n1. The van der Waals surface area contributed by atoms with E-state index in [1.54, 1.807) is 0 Å². The van der Waals surface area contributed by atoms with Gasteiger partial charge in [-0.2, -0.15) is 0 Å². The van der Waals surface area contributed by atoms with Crippen LogP contribution in [0, 0.1) is 5.82 Å². The van der Waals surface area contributed by atoms with Crippen LogP contribution in [0.5, 0.6) is 0 Å². The molecule has 0 aliphatic heterocycles. The molecule has 0 amide bonds. The van der Waals surface area contributed by atoms with Gasteiger partial charge in [0.1, 0.15) is 27.2 Å². The number of nitrogens with two attached hydrogens (primary N) is 2. The molecule has 1 heterocycles. The van der Waals surface area contributed by atoms with E-state index in [1.165, 1.54) is 30.3 Å². The Morgan fingerprint density at radius 2 is 1.67 bits per heavy atom. The lowest BCUT2D eigenvalue weighted by atomic mass is 10.3. The van der Waals surface area contributed by atoms with Crippen molar-refractivity contribution in [2.24, 2.45) is 0 Å². The molecule has 0 aliphatic rings. The zero-order valence-electron chi connectivity index (χ0n) is 9.17. The van der Waals surface area contributed by atoms with Gasteiger partial charge in [-0.15, -0.1) is 0 Å². The van der Waals surface area contributed by atoms with E-state index in [9.17, 15) is 12.8 Å². The number of aromatic nitrogens is 1. The summed E-state index contributed by atoms with van der Waals surface area (Å²) in [6.45, 7) is 0. The molecular formula is C11H10FN3O2S. The summed E-state index contributed by atoms with van der Waals surface area (Å²) in [7, 11) is -4.04. The van der Waals surface area contributed by atoms with Gasteiger partial charge < -0.3 is 11.5 Å². The second-order valence-electron chi connectivity index (χ2n) is 3.55. The van der Waals surface area contributed by atoms with Gasteiger partial charge in [-0.05, 0) is 24.3 Å². The number of sulfone groups is 1. The third-order valence-corrected chi connectivity index (χ3v) is 4.16. The molecule has 4 N–H and O–H groups in total. The highest BCUT2D eigenvalue weighted by molar-refractivity contribution is 7.91. The summed E-state index contributed by atoms with van der Waals surface area (Å²) in [6.07, 6.45) is 0. The summed E-state index contributed by atoms with van der Waals surface area (Å²) in [5.41, 5.74) is 10.9. The van der Waals surface area contributed by atoms with Gasteiger partial charge in [0.05, 0.1) is 0 Å². The molecule has 0 bridgehead atoms. The number of hydrogen-bond acceptors (Lipinski definition) is 5. The fourth-order valence-corrected chi connectivity index (χ4v) is 2.87. The van der Waals surface area contributed by atoms with Crippen LogP contribution in [0.2, 0.25) is 0 Å². The van der Waals surface area contributed by atoms with Crippen molar-refractivity contribution in [2.45, 2.75) is 9.79 Å². The quantitative estimate of drug-likeness (QED) is 0.852. The van der Waals surface area contributed by atoms with Crippen LogP contribution in [-0.4, -0.2) is 13.4 Å². The molecular weight excluding hydrogens is 257 g/mol. The van der Waals surface area contributed by atoms with Crippen molar-refractivity contribution in [1.29, 1.82) is 0 Å². The Kier molecular flexibility index (Phi) is 2.92. The van der Waals surface area contributed by atoms with Gasteiger partial charge in [0, 0.05) is 0 Å². The van der Waals surface area contributed by atoms with Gasteiger partial charge in [0.2, 0.25) is 9.84 Å². The van der Waals surface area contributed by atoms with Crippen molar-refractivity contribution in [1.82, 2.24) is 4.98 Å². The third-order valence-electron chi connectivity index (χ3n) is 2.32. The molecule has 0 atom stereocenters. The standard InChI is InChI=1S/C11H10FN3O2S/c12-7-3-1-2-4-8(7)18(16,17)9-5-6-10(13)15-11(9)14/h1-6H,(H4,13,14,15). The zero-order chi connectivity index (χ0) is 13.3. The maximum atomic E-state index is 13.5. The van der Waals surface area contributed by atoms with Crippen molar-refractivity contribution in [2.75, 3.05) is 11.5 Å². The molecule has 0 saturated heterocycles. The molecule has 1 aromatic carbocycles. The van der Waals surface area contributed by atoms with Crippen LogP contribution in [0.1, 0.15) is 0 Å². The second kappa shape index (κ2) is 4.26. The molecule has 0 saturated carbocycles. The van der Waals surface area contributed by atoms with E-state index < -0.39 is 20.5 Å². The van der Waals surface area contributed by atoms with Gasteiger partial charge in [-0.3, -0.25) is 0 Å². The maximum absolute atomic E-state index is 13.5. The number of halogens is 1. The number of anilines is 2. The maximum Gasteiger partial charge on any atom is 0.213 e. The summed E-state index contributed by atoms with van der Waals surface area (Å²) >= 11 is 0. The zero-order valence-corrected chi connectivity index (χ0v) is 9.99. The monoisotopic (exact) mass is 267 g/mol. The number of hydrogen-bond donors (Lipinski definition) is 2. The average molecular weight is 267 g/mol. The number of nitrogens with zero attached hydrogens (tertiary/aromatic N) is 1. The van der Waals surface area contributed by atoms with Gasteiger partial charge in [0.25, 0.3) is 0 Å². The molecule has 1 aromatic heterocycles. The lowest BCUT2D eigenvalue weighted by molar-refractivity contribution is 0.567. The molecule has 0 radical (unpaired) electrons. The minimum atomic E-state index is -4.04. The molecule has 2 aromatic rings. The second-order valence-corrected chi connectivity index (χ2v) is 5.44. The highest BCUT2D eigenvalue weighted by Gasteiger charge is 2.24. The van der Waals surface area contributed by atoms with E-state index in [4.69, 9.17) is 11.5 Å². The van der Waals surface area contributed by atoms with Crippen LogP contribution in [-0.2, 0) is 9.84 Å². The first-order valence-electron chi connectivity index (χ1n) is 4.94. The van der Waals surface area contributed by atoms with Crippen molar-refractivity contribution >= 4 is 21.5 Å². The molecule has 5 nitrogen and oxygen atoms in total. The molecule has 0 unspecified atom stereocenters. The average Bonchev–Trinajstić information content (AvgIpc) is 2.28. The van der Waals surface area contributed by atoms with Crippen LogP contribution in [0.3, 0.4) is 0 Å². The van der Waals surface area contributed by atoms with E-state index in [0.717, 1.165) is 6.07 Å². The molecule has 18 heavy (non-hydrogen) atoms. The Bertz CT molecular complexity index is 701. The van der Waals surface area contributed by atoms with Crippen molar-refractivity contribution in [3.05, 3.63) is 42.2 Å². The minimum Gasteiger partial charge on any atom is -0.384 e. The van der Waals surface area contributed by atoms with Gasteiger partial charge >= 0.3 is 0 Å². The van der Waals surface area contributed by atoms with Gasteiger partial charge in [-0.25, -0.2) is 17.8 Å². The van der Waals surface area contributed by atoms with E-state index in [1.807, 2.05) is 0 Å². The fourth-order valence-electron chi connectivity index (χ4n) is 1.49. The summed E-state index contributed by atoms with van der Waals surface area (Å²) in [4.78, 5) is 2.95. The van der Waals surface area contributed by atoms with E-state index in [0.29, 0.717) is 0 Å². The number of nitrogen functional groups attached to an aromatic ring is 2. The third kappa shape index (κ3) is 2.00. The predicted octanol–water partition coefficient (Wildman–Crippen LogP) is 1.22. The normalized spacial score (nSPS) is 11.4. The highest BCUT2D eigenvalue weighted by atomic mass is 32.2. The molecule has 0 fully saturated rings. The molecule has 0 aliphatic carbocycles. The Labute approximate surface area is 103 Å². The first-order chi connectivity index (χ1) is 8.43. The van der Waals surface area contributed by atoms with Crippen molar-refractivity contribution in [3.63, 3.8) is 0 Å². The summed E-state index contributed by atoms with van der Waals surface area (Å²) in [5, 5.41) is 0. The van der Waals surface area contributed by atoms with Crippen LogP contribution in [0.4, 0.5) is 16.0 Å². The van der Waals surface area contributed by atoms with Crippen LogP contribution in [0.25, 0.3) is 0 Å². The Morgan fingerprint density at radius 1 is 1.00 bits per heavy atom. The number of pyridine rings is 1. The topological polar surface area (TPSA) is 99.1 Å². The van der Waals surface area contributed by atoms with Crippen LogP contribution >= 0.6 is 0 Å². The lowest BCUT2D eigenvalue weighted by Crippen LogP contribution is -2.09.